The van der Waals surface area contributed by atoms with Crippen LogP contribution < -0.4 is 5.32 Å². The second kappa shape index (κ2) is 10.9. The van der Waals surface area contributed by atoms with Gasteiger partial charge in [0.25, 0.3) is 0 Å². The number of carbonyl (C=O) groups excluding carboxylic acids is 2. The molecule has 0 radical (unpaired) electrons. The van der Waals surface area contributed by atoms with E-state index < -0.39 is 12.8 Å². The summed E-state index contributed by atoms with van der Waals surface area (Å²) in [4.78, 5) is 32.0. The number of hydrogen-bond donors (Lipinski definition) is 1. The van der Waals surface area contributed by atoms with Gasteiger partial charge >= 0.3 is 6.09 Å². The van der Waals surface area contributed by atoms with Gasteiger partial charge in [0.05, 0.1) is 12.3 Å². The molecular formula is C32H50FN3O3. The van der Waals surface area contributed by atoms with Gasteiger partial charge in [0.15, 0.2) is 5.78 Å². The van der Waals surface area contributed by atoms with Gasteiger partial charge in [0, 0.05) is 24.9 Å². The Hall–Kier alpha value is -1.76. The summed E-state index contributed by atoms with van der Waals surface area (Å²) in [5.74, 6) is 2.60. The normalized spacial score (nSPS) is 39.4. The summed E-state index contributed by atoms with van der Waals surface area (Å²) in [7, 11) is 0. The number of halogens is 1. The van der Waals surface area contributed by atoms with E-state index in [2.05, 4.69) is 38.2 Å². The largest absolute Gasteiger partial charge is 0.436 e. The number of oxime groups is 1. The van der Waals surface area contributed by atoms with Gasteiger partial charge in [-0.25, -0.2) is 9.18 Å². The molecule has 0 bridgehead atoms. The predicted molar refractivity (Wildman–Crippen MR) is 152 cm³/mol. The van der Waals surface area contributed by atoms with Crippen molar-refractivity contribution in [3.8, 4) is 0 Å². The molecule has 6 nitrogen and oxygen atoms in total. The summed E-state index contributed by atoms with van der Waals surface area (Å²) in [5, 5.41) is 7.91. The standard InChI is InChI=1S/C32H50FN3O3/c1-21(35-39-29(38)36(19-16-33)18-12-28-30(2,3)15-17-34-28)25-8-9-26-24-7-6-22-20-23(37)10-13-31(22,4)27(24)11-14-32(25,26)5/h20,24-28,34H,6-19H2,1-5H3/b35-21+/t24-,25+,26-,27-,28?,31-,32+/m0/s1. The number of amides is 1. The van der Waals surface area contributed by atoms with E-state index >= 15 is 0 Å². The van der Waals surface area contributed by atoms with Crippen LogP contribution >= 0.6 is 0 Å². The number of nitrogens with one attached hydrogen (secondary N) is 1. The zero-order valence-corrected chi connectivity index (χ0v) is 24.9. The second-order valence-corrected chi connectivity index (χ2v) is 14.4. The number of nitrogens with zero attached hydrogens (tertiary/aromatic N) is 2. The van der Waals surface area contributed by atoms with Gasteiger partial charge in [-0.2, -0.15) is 0 Å². The Bertz CT molecular complexity index is 1020. The molecule has 218 valence electrons. The number of hydrogen-bond acceptors (Lipinski definition) is 5. The van der Waals surface area contributed by atoms with Crippen molar-refractivity contribution in [3.05, 3.63) is 11.6 Å². The Labute approximate surface area is 234 Å². The van der Waals surface area contributed by atoms with Gasteiger partial charge in [0.1, 0.15) is 6.67 Å². The number of alkyl halides is 1. The molecule has 0 aromatic carbocycles. The van der Waals surface area contributed by atoms with Gasteiger partial charge in [-0.05, 0) is 111 Å². The van der Waals surface area contributed by atoms with E-state index in [9.17, 15) is 14.0 Å². The molecule has 3 saturated carbocycles. The fraction of sp³-hybridized carbons (Fsp3) is 0.844. The highest BCUT2D eigenvalue weighted by molar-refractivity contribution is 5.91. The number of fused-ring (bicyclic) bond motifs is 5. The molecule has 0 aromatic heterocycles. The Morgan fingerprint density at radius 2 is 1.87 bits per heavy atom. The number of ketones is 1. The van der Waals surface area contributed by atoms with E-state index in [-0.39, 0.29) is 22.8 Å². The fourth-order valence-corrected chi connectivity index (χ4v) is 9.67. The van der Waals surface area contributed by atoms with E-state index in [4.69, 9.17) is 4.84 Å². The van der Waals surface area contributed by atoms with Crippen LogP contribution in [0.3, 0.4) is 0 Å². The summed E-state index contributed by atoms with van der Waals surface area (Å²) in [6.07, 6.45) is 11.9. The third-order valence-electron chi connectivity index (χ3n) is 12.1. The van der Waals surface area contributed by atoms with Crippen molar-refractivity contribution in [2.75, 3.05) is 26.3 Å². The summed E-state index contributed by atoms with van der Waals surface area (Å²) in [6.45, 7) is 12.3. The molecule has 1 unspecified atom stereocenters. The van der Waals surface area contributed by atoms with Crippen molar-refractivity contribution in [3.63, 3.8) is 0 Å². The SMILES string of the molecule is C/C(=N\OC(=O)N(CCF)CCC1NCCC1(C)C)[C@H]1CC[C@H]2[C@@H]3CCC4=CC(=O)CC[C@]4(C)[C@H]3CC[C@]12C. The molecule has 5 aliphatic rings. The molecule has 1 N–H and O–H groups in total. The molecule has 7 heteroatoms. The lowest BCUT2D eigenvalue weighted by Gasteiger charge is -2.58. The Kier molecular flexibility index (Phi) is 8.04. The smallest absolute Gasteiger partial charge is 0.313 e. The minimum atomic E-state index is -0.589. The van der Waals surface area contributed by atoms with E-state index in [1.807, 2.05) is 13.0 Å². The summed E-state index contributed by atoms with van der Waals surface area (Å²) >= 11 is 0. The fourth-order valence-electron chi connectivity index (χ4n) is 9.67. The Balaban J connectivity index is 1.23. The molecule has 4 fully saturated rings. The molecule has 7 atom stereocenters. The zero-order valence-electron chi connectivity index (χ0n) is 24.9. The van der Waals surface area contributed by atoms with Crippen LogP contribution in [0.2, 0.25) is 0 Å². The van der Waals surface area contributed by atoms with Gasteiger partial charge in [0.2, 0.25) is 0 Å². The lowest BCUT2D eigenvalue weighted by molar-refractivity contribution is -0.117. The number of rotatable bonds is 7. The van der Waals surface area contributed by atoms with Crippen LogP contribution in [0.4, 0.5) is 9.18 Å². The van der Waals surface area contributed by atoms with Crippen molar-refractivity contribution < 1.29 is 18.8 Å². The highest BCUT2D eigenvalue weighted by atomic mass is 19.1. The molecule has 1 amide bonds. The first-order valence-electron chi connectivity index (χ1n) is 15.5. The minimum absolute atomic E-state index is 0.0354. The highest BCUT2D eigenvalue weighted by Crippen LogP contribution is 2.66. The zero-order chi connectivity index (χ0) is 28.0. The molecule has 1 saturated heterocycles. The molecule has 1 heterocycles. The van der Waals surface area contributed by atoms with Crippen molar-refractivity contribution in [1.29, 1.82) is 0 Å². The molecule has 5 rings (SSSR count). The van der Waals surface area contributed by atoms with Crippen molar-refractivity contribution in [1.82, 2.24) is 10.2 Å². The van der Waals surface area contributed by atoms with Crippen LogP contribution in [0.5, 0.6) is 0 Å². The maximum atomic E-state index is 13.3. The van der Waals surface area contributed by atoms with Gasteiger partial charge < -0.3 is 10.2 Å². The Morgan fingerprint density at radius 3 is 2.59 bits per heavy atom. The van der Waals surface area contributed by atoms with Crippen molar-refractivity contribution in [2.24, 2.45) is 45.1 Å². The van der Waals surface area contributed by atoms with Crippen LogP contribution in [0.25, 0.3) is 0 Å². The van der Waals surface area contributed by atoms with Crippen LogP contribution in [0, 0.1) is 39.9 Å². The van der Waals surface area contributed by atoms with Crippen LogP contribution in [-0.2, 0) is 9.63 Å². The average Bonchev–Trinajstić information content (AvgIpc) is 3.43. The molecule has 4 aliphatic carbocycles. The first kappa shape index (κ1) is 28.8. The molecule has 39 heavy (non-hydrogen) atoms. The Morgan fingerprint density at radius 1 is 1.08 bits per heavy atom. The molecule has 1 aliphatic heterocycles. The van der Waals surface area contributed by atoms with Crippen LogP contribution in [-0.4, -0.2) is 54.8 Å². The topological polar surface area (TPSA) is 71.0 Å². The molecule has 0 spiro atoms. The summed E-state index contributed by atoms with van der Waals surface area (Å²) in [6, 6.07) is 0.311. The molecule has 0 aromatic rings. The van der Waals surface area contributed by atoms with Crippen molar-refractivity contribution >= 4 is 17.6 Å². The maximum absolute atomic E-state index is 13.3. The highest BCUT2D eigenvalue weighted by Gasteiger charge is 2.59. The molecular weight excluding hydrogens is 493 g/mol. The average molecular weight is 544 g/mol. The monoisotopic (exact) mass is 543 g/mol. The number of carbonyl (C=O) groups is 2. The quantitative estimate of drug-likeness (QED) is 0.220. The first-order chi connectivity index (χ1) is 18.5. The minimum Gasteiger partial charge on any atom is -0.313 e. The van der Waals surface area contributed by atoms with Crippen LogP contribution in [0.15, 0.2) is 16.8 Å². The van der Waals surface area contributed by atoms with Gasteiger partial charge in [-0.3, -0.25) is 9.63 Å². The summed E-state index contributed by atoms with van der Waals surface area (Å²) < 4.78 is 13.3. The first-order valence-corrected chi connectivity index (χ1v) is 15.5. The maximum Gasteiger partial charge on any atom is 0.436 e. The van der Waals surface area contributed by atoms with Gasteiger partial charge in [-0.15, -0.1) is 0 Å². The van der Waals surface area contributed by atoms with E-state index in [1.165, 1.54) is 29.7 Å². The van der Waals surface area contributed by atoms with E-state index in [0.717, 1.165) is 50.8 Å². The third kappa shape index (κ3) is 5.22. The summed E-state index contributed by atoms with van der Waals surface area (Å²) in [5.41, 5.74) is 2.82. The predicted octanol–water partition coefficient (Wildman–Crippen LogP) is 6.70. The number of allylic oxidation sites excluding steroid dienone is 1. The second-order valence-electron chi connectivity index (χ2n) is 14.4. The van der Waals surface area contributed by atoms with Gasteiger partial charge in [-0.1, -0.05) is 38.4 Å². The third-order valence-corrected chi connectivity index (χ3v) is 12.1. The lowest BCUT2D eigenvalue weighted by atomic mass is 9.46. The van der Waals surface area contributed by atoms with Crippen molar-refractivity contribution in [2.45, 2.75) is 105 Å². The van der Waals surface area contributed by atoms with Crippen LogP contribution in [0.1, 0.15) is 98.8 Å². The van der Waals surface area contributed by atoms with E-state index in [1.54, 1.807) is 0 Å². The lowest BCUT2D eigenvalue weighted by Crippen LogP contribution is -2.51. The van der Waals surface area contributed by atoms with E-state index in [0.29, 0.717) is 48.5 Å².